The highest BCUT2D eigenvalue weighted by atomic mass is 16.6. The summed E-state index contributed by atoms with van der Waals surface area (Å²) >= 11 is 0. The lowest BCUT2D eigenvalue weighted by molar-refractivity contribution is -0.123. The Morgan fingerprint density at radius 2 is 1.68 bits per heavy atom. The topological polar surface area (TPSA) is 58.6 Å². The van der Waals surface area contributed by atoms with E-state index in [1.807, 2.05) is 58.0 Å². The molecular formula is C23H36N2O3. The highest BCUT2D eigenvalue weighted by Gasteiger charge is 2.34. The van der Waals surface area contributed by atoms with Gasteiger partial charge >= 0.3 is 6.09 Å². The predicted octanol–water partition coefficient (Wildman–Crippen LogP) is 4.65. The van der Waals surface area contributed by atoms with Gasteiger partial charge in [0.25, 0.3) is 0 Å². The Labute approximate surface area is 169 Å². The molecule has 1 unspecified atom stereocenters. The first-order valence-electron chi connectivity index (χ1n) is 10.4. The minimum Gasteiger partial charge on any atom is -0.444 e. The van der Waals surface area contributed by atoms with Crippen molar-refractivity contribution >= 4 is 12.0 Å². The third-order valence-corrected chi connectivity index (χ3v) is 5.28. The Kier molecular flexibility index (Phi) is 7.50. The fraction of sp³-hybridized carbons (Fsp3) is 0.652. The zero-order chi connectivity index (χ0) is 20.8. The van der Waals surface area contributed by atoms with Crippen molar-refractivity contribution < 1.29 is 14.3 Å². The van der Waals surface area contributed by atoms with E-state index in [1.54, 1.807) is 11.9 Å². The van der Waals surface area contributed by atoms with Crippen LogP contribution in [0.5, 0.6) is 0 Å². The molecule has 0 aromatic heterocycles. The minimum atomic E-state index is -0.549. The first-order chi connectivity index (χ1) is 13.1. The van der Waals surface area contributed by atoms with Crippen LogP contribution in [-0.4, -0.2) is 42.1 Å². The second-order valence-electron chi connectivity index (χ2n) is 9.34. The molecule has 1 aromatic rings. The van der Waals surface area contributed by atoms with E-state index in [9.17, 15) is 9.59 Å². The number of ether oxygens (including phenoxy) is 1. The third kappa shape index (κ3) is 6.84. The average Bonchev–Trinajstić information content (AvgIpc) is 2.61. The van der Waals surface area contributed by atoms with Crippen LogP contribution in [0.2, 0.25) is 0 Å². The molecule has 0 saturated heterocycles. The molecule has 0 bridgehead atoms. The van der Waals surface area contributed by atoms with Gasteiger partial charge in [0, 0.05) is 31.5 Å². The fourth-order valence-corrected chi connectivity index (χ4v) is 3.90. The lowest BCUT2D eigenvalue weighted by Gasteiger charge is -2.35. The van der Waals surface area contributed by atoms with E-state index >= 15 is 0 Å². The summed E-state index contributed by atoms with van der Waals surface area (Å²) in [5, 5.41) is 3.21. The first kappa shape index (κ1) is 22.3. The number of nitrogens with zero attached hydrogens (tertiary/aromatic N) is 1. The Bertz CT molecular complexity index is 648. The number of hydrogen-bond acceptors (Lipinski definition) is 3. The van der Waals surface area contributed by atoms with Crippen molar-refractivity contribution in [2.24, 2.45) is 0 Å². The summed E-state index contributed by atoms with van der Waals surface area (Å²) in [6, 6.07) is 10.2. The number of carbonyl (C=O) groups is 2. The number of nitrogens with one attached hydrogen (secondary N) is 1. The molecule has 0 aliphatic heterocycles. The normalized spacial score (nSPS) is 17.5. The number of hydrogen-bond donors (Lipinski definition) is 1. The van der Waals surface area contributed by atoms with Gasteiger partial charge < -0.3 is 15.0 Å². The second-order valence-corrected chi connectivity index (χ2v) is 9.34. The maximum absolute atomic E-state index is 12.8. The van der Waals surface area contributed by atoms with Gasteiger partial charge in [-0.3, -0.25) is 4.79 Å². The van der Waals surface area contributed by atoms with Gasteiger partial charge in [-0.2, -0.15) is 0 Å². The van der Waals surface area contributed by atoms with Gasteiger partial charge in [0.2, 0.25) is 5.91 Å². The van der Waals surface area contributed by atoms with Gasteiger partial charge in [-0.25, -0.2) is 4.79 Å². The van der Waals surface area contributed by atoms with Crippen LogP contribution in [0.4, 0.5) is 4.79 Å². The Morgan fingerprint density at radius 3 is 2.25 bits per heavy atom. The van der Waals surface area contributed by atoms with Crippen molar-refractivity contribution in [2.75, 3.05) is 13.6 Å². The molecule has 5 nitrogen and oxygen atoms in total. The van der Waals surface area contributed by atoms with Crippen LogP contribution in [0.25, 0.3) is 0 Å². The molecule has 1 N–H and O–H groups in total. The lowest BCUT2D eigenvalue weighted by atomic mass is 9.78. The SMILES string of the molecule is CN(CC(C)(CC(=O)NC1CCCCC1)c1ccccc1)C(=O)OC(C)(C)C. The zero-order valence-corrected chi connectivity index (χ0v) is 18.1. The second kappa shape index (κ2) is 9.44. The monoisotopic (exact) mass is 388 g/mol. The molecule has 1 atom stereocenters. The molecule has 28 heavy (non-hydrogen) atoms. The van der Waals surface area contributed by atoms with Gasteiger partial charge in [-0.1, -0.05) is 56.5 Å². The summed E-state index contributed by atoms with van der Waals surface area (Å²) in [5.41, 5.74) is 0.00242. The maximum atomic E-state index is 12.8. The Morgan fingerprint density at radius 1 is 1.07 bits per heavy atom. The molecule has 0 radical (unpaired) electrons. The van der Waals surface area contributed by atoms with E-state index in [-0.39, 0.29) is 18.0 Å². The van der Waals surface area contributed by atoms with Gasteiger partial charge in [-0.05, 0) is 39.2 Å². The summed E-state index contributed by atoms with van der Waals surface area (Å²) in [5.74, 6) is 0.0517. The number of carbonyl (C=O) groups excluding carboxylic acids is 2. The third-order valence-electron chi connectivity index (χ3n) is 5.28. The van der Waals surface area contributed by atoms with E-state index < -0.39 is 11.0 Å². The van der Waals surface area contributed by atoms with Crippen LogP contribution in [0, 0.1) is 0 Å². The lowest BCUT2D eigenvalue weighted by Crippen LogP contribution is -2.46. The standard InChI is InChI=1S/C23H36N2O3/c1-22(2,3)28-21(27)25(5)17-23(4,18-12-8-6-9-13-18)16-20(26)24-19-14-10-7-11-15-19/h6,8-9,12-13,19H,7,10-11,14-17H2,1-5H3,(H,24,26). The highest BCUT2D eigenvalue weighted by Crippen LogP contribution is 2.29. The molecule has 1 aromatic carbocycles. The zero-order valence-electron chi connectivity index (χ0n) is 18.1. The van der Waals surface area contributed by atoms with Crippen LogP contribution in [-0.2, 0) is 14.9 Å². The van der Waals surface area contributed by atoms with Crippen LogP contribution < -0.4 is 5.32 Å². The van der Waals surface area contributed by atoms with Crippen molar-refractivity contribution in [1.82, 2.24) is 10.2 Å². The van der Waals surface area contributed by atoms with Crippen molar-refractivity contribution in [3.63, 3.8) is 0 Å². The molecule has 2 rings (SSSR count). The van der Waals surface area contributed by atoms with Gasteiger partial charge in [0.1, 0.15) is 5.60 Å². The van der Waals surface area contributed by atoms with Gasteiger partial charge in [-0.15, -0.1) is 0 Å². The highest BCUT2D eigenvalue weighted by molar-refractivity contribution is 5.78. The summed E-state index contributed by atoms with van der Waals surface area (Å²) in [6.07, 6.45) is 5.71. The Balaban J connectivity index is 2.11. The van der Waals surface area contributed by atoms with Gasteiger partial charge in [0.05, 0.1) is 0 Å². The number of benzene rings is 1. The van der Waals surface area contributed by atoms with Crippen LogP contribution in [0.1, 0.15) is 71.8 Å². The maximum Gasteiger partial charge on any atom is 0.410 e. The van der Waals surface area contributed by atoms with Crippen LogP contribution in [0.15, 0.2) is 30.3 Å². The molecule has 156 valence electrons. The molecule has 2 amide bonds. The number of amides is 2. The summed E-state index contributed by atoms with van der Waals surface area (Å²) in [6.45, 7) is 8.01. The molecule has 0 spiro atoms. The van der Waals surface area contributed by atoms with Crippen molar-refractivity contribution in [3.05, 3.63) is 35.9 Å². The largest absolute Gasteiger partial charge is 0.444 e. The minimum absolute atomic E-state index is 0.0517. The number of rotatable bonds is 6. The molecule has 5 heteroatoms. The fourth-order valence-electron chi connectivity index (χ4n) is 3.90. The predicted molar refractivity (Wildman–Crippen MR) is 112 cm³/mol. The molecular weight excluding hydrogens is 352 g/mol. The molecule has 1 saturated carbocycles. The number of likely N-dealkylation sites (N-methyl/N-ethyl adjacent to an activating group) is 1. The van der Waals surface area contributed by atoms with E-state index in [0.717, 1.165) is 18.4 Å². The summed E-state index contributed by atoms with van der Waals surface area (Å²) < 4.78 is 5.49. The van der Waals surface area contributed by atoms with Crippen molar-refractivity contribution in [1.29, 1.82) is 0 Å². The summed E-state index contributed by atoms with van der Waals surface area (Å²) in [7, 11) is 1.73. The average molecular weight is 389 g/mol. The van der Waals surface area contributed by atoms with E-state index in [4.69, 9.17) is 4.74 Å². The van der Waals surface area contributed by atoms with E-state index in [0.29, 0.717) is 13.0 Å². The smallest absolute Gasteiger partial charge is 0.410 e. The first-order valence-corrected chi connectivity index (χ1v) is 10.4. The van der Waals surface area contributed by atoms with E-state index in [1.165, 1.54) is 19.3 Å². The molecule has 1 fully saturated rings. The molecule has 0 heterocycles. The van der Waals surface area contributed by atoms with Gasteiger partial charge in [0.15, 0.2) is 0 Å². The van der Waals surface area contributed by atoms with Crippen molar-refractivity contribution in [3.8, 4) is 0 Å². The van der Waals surface area contributed by atoms with Crippen LogP contribution >= 0.6 is 0 Å². The quantitative estimate of drug-likeness (QED) is 0.772. The Hall–Kier alpha value is -2.04. The molecule has 1 aliphatic carbocycles. The van der Waals surface area contributed by atoms with E-state index in [2.05, 4.69) is 5.32 Å². The van der Waals surface area contributed by atoms with Crippen molar-refractivity contribution in [2.45, 2.75) is 83.3 Å². The summed E-state index contributed by atoms with van der Waals surface area (Å²) in [4.78, 5) is 26.9. The van der Waals surface area contributed by atoms with Crippen LogP contribution in [0.3, 0.4) is 0 Å². The molecule has 1 aliphatic rings.